The highest BCUT2D eigenvalue weighted by molar-refractivity contribution is 7.90. The van der Waals surface area contributed by atoms with Crippen LogP contribution < -0.4 is 24.8 Å². The lowest BCUT2D eigenvalue weighted by atomic mass is 9.80. The number of hydrogen-bond donors (Lipinski definition) is 3. The summed E-state index contributed by atoms with van der Waals surface area (Å²) in [5.74, 6) is -1.63. The highest BCUT2D eigenvalue weighted by atomic mass is 32.2. The zero-order valence-electron chi connectivity index (χ0n) is 31.6. The van der Waals surface area contributed by atoms with E-state index < -0.39 is 33.7 Å². The average molecular weight is 803 g/mol. The molecular weight excluding hydrogens is 759 g/mol. The Labute approximate surface area is 329 Å². The van der Waals surface area contributed by atoms with Crippen LogP contribution in [0.3, 0.4) is 0 Å². The summed E-state index contributed by atoms with van der Waals surface area (Å²) < 4.78 is 70.9. The van der Waals surface area contributed by atoms with Crippen LogP contribution in [-0.4, -0.2) is 84.3 Å². The average Bonchev–Trinajstić information content (AvgIpc) is 3.20. The van der Waals surface area contributed by atoms with Gasteiger partial charge in [-0.2, -0.15) is 18.0 Å². The first-order chi connectivity index (χ1) is 27.4. The number of anilines is 2. The van der Waals surface area contributed by atoms with Gasteiger partial charge in [-0.3, -0.25) is 19.6 Å². The Morgan fingerprint density at radius 1 is 0.982 bits per heavy atom. The molecule has 3 aliphatic rings. The molecule has 3 heterocycles. The third-order valence-corrected chi connectivity index (χ3v) is 12.6. The molecule has 3 N–H and O–H groups in total. The van der Waals surface area contributed by atoms with Crippen LogP contribution in [0.1, 0.15) is 75.3 Å². The third kappa shape index (κ3) is 9.08. The molecule has 2 amide bonds. The highest BCUT2D eigenvalue weighted by Gasteiger charge is 2.32. The van der Waals surface area contributed by atoms with Crippen molar-refractivity contribution in [1.82, 2.24) is 24.5 Å². The van der Waals surface area contributed by atoms with Gasteiger partial charge >= 0.3 is 10.2 Å². The van der Waals surface area contributed by atoms with Crippen LogP contribution in [-0.2, 0) is 19.8 Å². The lowest BCUT2D eigenvalue weighted by Crippen LogP contribution is -2.47. The number of nitrogens with one attached hydrogen (secondary N) is 3. The number of aromatic nitrogens is 2. The fraction of sp³-hybridized carbons (Fsp3) is 0.425. The Bertz CT molecular complexity index is 2310. The predicted octanol–water partition coefficient (Wildman–Crippen LogP) is 5.97. The summed E-state index contributed by atoms with van der Waals surface area (Å²) in [5, 5.41) is 15.2. The Morgan fingerprint density at radius 3 is 2.46 bits per heavy atom. The van der Waals surface area contributed by atoms with Crippen molar-refractivity contribution in [2.75, 3.05) is 36.7 Å². The van der Waals surface area contributed by atoms with E-state index in [0.29, 0.717) is 40.6 Å². The first-order valence-corrected chi connectivity index (χ1v) is 20.6. The molecule has 1 aliphatic carbocycles. The van der Waals surface area contributed by atoms with E-state index in [1.165, 1.54) is 19.2 Å². The number of ether oxygens (including phenoxy) is 2. The Kier molecular flexibility index (Phi) is 11.8. The molecule has 7 rings (SSSR count). The van der Waals surface area contributed by atoms with Crippen molar-refractivity contribution in [2.24, 2.45) is 0 Å². The van der Waals surface area contributed by atoms with Crippen LogP contribution in [0.2, 0.25) is 0 Å². The van der Waals surface area contributed by atoms with Gasteiger partial charge in [0.25, 0.3) is 0 Å². The van der Waals surface area contributed by atoms with Crippen molar-refractivity contribution in [1.29, 1.82) is 5.26 Å². The second-order valence-electron chi connectivity index (χ2n) is 14.6. The van der Waals surface area contributed by atoms with E-state index in [9.17, 15) is 27.7 Å². The quantitative estimate of drug-likeness (QED) is 0.144. The minimum Gasteiger partial charge on any atom is -0.473 e. The van der Waals surface area contributed by atoms with Crippen molar-refractivity contribution in [3.8, 4) is 23.4 Å². The highest BCUT2D eigenvalue weighted by Crippen LogP contribution is 2.38. The van der Waals surface area contributed by atoms with Gasteiger partial charge in [-0.25, -0.2) is 18.7 Å². The SMILES string of the molecule is CCN(C)S(=O)(=O)Nc1ccc(F)c(Oc2ccc3ncc(OC4CCN(C5CCC(c6ccc(NC7CCC(=O)NC7=O)cc6F)CC5)CC4)nc3c2)c1C#N. The molecule has 1 aromatic heterocycles. The van der Waals surface area contributed by atoms with E-state index in [-0.39, 0.29) is 53.7 Å². The van der Waals surface area contributed by atoms with Gasteiger partial charge in [-0.05, 0) is 92.8 Å². The fourth-order valence-corrected chi connectivity index (χ4v) is 8.66. The molecule has 300 valence electrons. The maximum atomic E-state index is 15.3. The van der Waals surface area contributed by atoms with E-state index in [0.717, 1.165) is 62.0 Å². The van der Waals surface area contributed by atoms with Gasteiger partial charge in [0.15, 0.2) is 11.6 Å². The Hall–Kier alpha value is -5.44. The summed E-state index contributed by atoms with van der Waals surface area (Å²) in [7, 11) is -2.60. The number of carbonyl (C=O) groups excluding carboxylic acids is 2. The number of likely N-dealkylation sites (tertiary alicyclic amines) is 1. The normalized spacial score (nSPS) is 20.9. The molecule has 17 heteroatoms. The zero-order chi connectivity index (χ0) is 40.3. The molecule has 14 nitrogen and oxygen atoms in total. The first kappa shape index (κ1) is 39.8. The van der Waals surface area contributed by atoms with Crippen molar-refractivity contribution in [3.63, 3.8) is 0 Å². The number of benzene rings is 3. The van der Waals surface area contributed by atoms with Crippen LogP contribution >= 0.6 is 0 Å². The number of piperidine rings is 2. The number of fused-ring (bicyclic) bond motifs is 1. The topological polar surface area (TPSA) is 179 Å². The minimum atomic E-state index is -3.98. The molecule has 0 radical (unpaired) electrons. The van der Waals surface area contributed by atoms with Gasteiger partial charge in [-0.15, -0.1) is 0 Å². The van der Waals surface area contributed by atoms with Crippen LogP contribution in [0, 0.1) is 23.0 Å². The first-order valence-electron chi connectivity index (χ1n) is 19.1. The Balaban J connectivity index is 0.922. The summed E-state index contributed by atoms with van der Waals surface area (Å²) in [6.07, 6.45) is 7.38. The molecule has 1 saturated carbocycles. The number of amides is 2. The smallest absolute Gasteiger partial charge is 0.301 e. The number of nitriles is 1. The second-order valence-corrected chi connectivity index (χ2v) is 16.4. The lowest BCUT2D eigenvalue weighted by molar-refractivity contribution is -0.133. The fourth-order valence-electron chi connectivity index (χ4n) is 7.71. The van der Waals surface area contributed by atoms with Gasteiger partial charge in [-0.1, -0.05) is 13.0 Å². The maximum absolute atomic E-state index is 15.3. The summed E-state index contributed by atoms with van der Waals surface area (Å²) >= 11 is 0. The number of rotatable bonds is 12. The molecule has 57 heavy (non-hydrogen) atoms. The number of nitrogens with zero attached hydrogens (tertiary/aromatic N) is 5. The monoisotopic (exact) mass is 802 g/mol. The molecule has 2 saturated heterocycles. The van der Waals surface area contributed by atoms with E-state index >= 15 is 4.39 Å². The van der Waals surface area contributed by atoms with Crippen LogP contribution in [0.5, 0.6) is 17.4 Å². The van der Waals surface area contributed by atoms with Crippen molar-refractivity contribution in [2.45, 2.75) is 82.4 Å². The largest absolute Gasteiger partial charge is 0.473 e. The molecule has 3 fully saturated rings. The predicted molar refractivity (Wildman–Crippen MR) is 208 cm³/mol. The molecule has 4 aromatic rings. The lowest BCUT2D eigenvalue weighted by Gasteiger charge is -2.40. The van der Waals surface area contributed by atoms with Crippen molar-refractivity contribution < 1.29 is 36.3 Å². The molecule has 0 spiro atoms. The van der Waals surface area contributed by atoms with Crippen LogP contribution in [0.15, 0.2) is 54.7 Å². The van der Waals surface area contributed by atoms with Gasteiger partial charge in [0, 0.05) is 50.9 Å². The van der Waals surface area contributed by atoms with Gasteiger partial charge in [0.2, 0.25) is 17.7 Å². The molecule has 1 unspecified atom stereocenters. The van der Waals surface area contributed by atoms with Crippen LogP contribution in [0.25, 0.3) is 11.0 Å². The summed E-state index contributed by atoms with van der Waals surface area (Å²) in [5.41, 5.74) is 1.76. The second kappa shape index (κ2) is 17.0. The number of hydrogen-bond acceptors (Lipinski definition) is 11. The molecule has 2 aliphatic heterocycles. The summed E-state index contributed by atoms with van der Waals surface area (Å²) in [6.45, 7) is 3.54. The zero-order valence-corrected chi connectivity index (χ0v) is 32.4. The molecular formula is C40H44F2N8O6S. The van der Waals surface area contributed by atoms with Crippen LogP contribution in [0.4, 0.5) is 20.2 Å². The number of imide groups is 1. The summed E-state index contributed by atoms with van der Waals surface area (Å²) in [4.78, 5) is 35.1. The van der Waals surface area contributed by atoms with E-state index in [1.807, 2.05) is 18.2 Å². The maximum Gasteiger partial charge on any atom is 0.301 e. The molecule has 0 bridgehead atoms. The minimum absolute atomic E-state index is 0.0734. The number of halogens is 2. The van der Waals surface area contributed by atoms with Crippen molar-refractivity contribution >= 4 is 44.4 Å². The molecule has 3 aromatic carbocycles. The number of carbonyl (C=O) groups is 2. The van der Waals surface area contributed by atoms with Gasteiger partial charge in [0.1, 0.15) is 35.3 Å². The Morgan fingerprint density at radius 2 is 1.75 bits per heavy atom. The van der Waals surface area contributed by atoms with E-state index in [2.05, 4.69) is 30.2 Å². The van der Waals surface area contributed by atoms with Gasteiger partial charge < -0.3 is 19.7 Å². The van der Waals surface area contributed by atoms with E-state index in [4.69, 9.17) is 9.47 Å². The molecule has 1 atom stereocenters. The summed E-state index contributed by atoms with van der Waals surface area (Å²) in [6, 6.07) is 13.7. The van der Waals surface area contributed by atoms with Gasteiger partial charge in [0.05, 0.1) is 22.9 Å². The standard InChI is InChI=1S/C40H44F2N8O6S/c1-3-49(2)57(53,54)48-33-13-11-31(41)39(30(33)22-43)56-28-9-12-34-36(21-28)46-38(23-44-34)55-27-16-18-50(19-17-27)26-7-4-24(5-8-26)29-10-6-25(20-32(29)42)45-35-14-15-37(51)47-40(35)52/h6,9-13,20-21,23-24,26-27,35,45,48H,3-5,7-8,14-19H2,1-2H3,(H,47,51,52). The third-order valence-electron chi connectivity index (χ3n) is 11.0. The van der Waals surface area contributed by atoms with Crippen molar-refractivity contribution in [3.05, 3.63) is 77.5 Å². The van der Waals surface area contributed by atoms with E-state index in [1.54, 1.807) is 31.3 Å².